The van der Waals surface area contributed by atoms with Crippen LogP contribution in [0.1, 0.15) is 28.7 Å². The second-order valence-electron chi connectivity index (χ2n) is 3.45. The third-order valence-electron chi connectivity index (χ3n) is 1.87. The fraction of sp³-hybridized carbons (Fsp3) is 0.444. The molecule has 1 aromatic rings. The molecule has 4 N–H and O–H groups in total. The Balaban J connectivity index is 2.71. The van der Waals surface area contributed by atoms with Crippen LogP contribution < -0.4 is 11.1 Å². The third kappa shape index (κ3) is 3.20. The summed E-state index contributed by atoms with van der Waals surface area (Å²) in [5.41, 5.74) is 5.50. The predicted molar refractivity (Wildman–Crippen MR) is 60.7 cm³/mol. The van der Waals surface area contributed by atoms with Crippen molar-refractivity contribution in [3.05, 3.63) is 10.6 Å². The van der Waals surface area contributed by atoms with Crippen LogP contribution in [0.4, 0.5) is 5.13 Å². The minimum absolute atomic E-state index is 0.162. The number of carbonyl (C=O) groups is 2. The molecule has 0 spiro atoms. The number of thiazole rings is 1. The van der Waals surface area contributed by atoms with Crippen LogP contribution in [-0.2, 0) is 4.79 Å². The number of carbonyl (C=O) groups excluding carboxylic acids is 1. The van der Waals surface area contributed by atoms with Crippen LogP contribution in [0.2, 0.25) is 0 Å². The third-order valence-corrected chi connectivity index (χ3v) is 2.94. The molecule has 0 saturated carbocycles. The number of carboxylic acid groups (broad SMARTS) is 1. The zero-order valence-corrected chi connectivity index (χ0v) is 9.80. The fourth-order valence-corrected chi connectivity index (χ4v) is 2.14. The van der Waals surface area contributed by atoms with E-state index in [2.05, 4.69) is 10.3 Å². The number of amides is 1. The van der Waals surface area contributed by atoms with E-state index in [-0.39, 0.29) is 17.3 Å². The number of nitrogens with one attached hydrogen (secondary N) is 1. The van der Waals surface area contributed by atoms with E-state index in [4.69, 9.17) is 10.8 Å². The molecule has 88 valence electrons. The largest absolute Gasteiger partial charge is 0.477 e. The monoisotopic (exact) mass is 243 g/mol. The van der Waals surface area contributed by atoms with Crippen molar-refractivity contribution in [1.29, 1.82) is 0 Å². The van der Waals surface area contributed by atoms with Crippen molar-refractivity contribution in [3.63, 3.8) is 0 Å². The molecule has 0 aliphatic carbocycles. The molecule has 0 bridgehead atoms. The van der Waals surface area contributed by atoms with Gasteiger partial charge >= 0.3 is 5.97 Å². The maximum Gasteiger partial charge on any atom is 0.347 e. The zero-order chi connectivity index (χ0) is 12.3. The standard InChI is InChI=1S/C9H13N3O3S/c1-4(3-6(10)13)11-9-12-5(2)7(16-9)8(14)15/h4H,3H2,1-2H3,(H2,10,13)(H,11,12)(H,14,15). The van der Waals surface area contributed by atoms with Gasteiger partial charge in [-0.15, -0.1) is 0 Å². The van der Waals surface area contributed by atoms with E-state index in [1.54, 1.807) is 13.8 Å². The highest BCUT2D eigenvalue weighted by Gasteiger charge is 2.15. The summed E-state index contributed by atoms with van der Waals surface area (Å²) < 4.78 is 0. The van der Waals surface area contributed by atoms with Crippen LogP contribution in [0.15, 0.2) is 0 Å². The van der Waals surface area contributed by atoms with E-state index >= 15 is 0 Å². The van der Waals surface area contributed by atoms with Crippen molar-refractivity contribution in [1.82, 2.24) is 4.98 Å². The molecule has 0 saturated heterocycles. The number of aromatic carboxylic acids is 1. The lowest BCUT2D eigenvalue weighted by atomic mass is 10.2. The Morgan fingerprint density at radius 3 is 2.69 bits per heavy atom. The van der Waals surface area contributed by atoms with Crippen LogP contribution in [0.5, 0.6) is 0 Å². The predicted octanol–water partition coefficient (Wildman–Crippen LogP) is 0.826. The van der Waals surface area contributed by atoms with Gasteiger partial charge in [-0.2, -0.15) is 0 Å². The number of aromatic nitrogens is 1. The lowest BCUT2D eigenvalue weighted by Gasteiger charge is -2.09. The number of carboxylic acids is 1. The second kappa shape index (κ2) is 4.93. The minimum atomic E-state index is -0.995. The number of hydrogen-bond donors (Lipinski definition) is 3. The highest BCUT2D eigenvalue weighted by Crippen LogP contribution is 2.23. The minimum Gasteiger partial charge on any atom is -0.477 e. The van der Waals surface area contributed by atoms with Crippen LogP contribution in [0, 0.1) is 6.92 Å². The van der Waals surface area contributed by atoms with Gasteiger partial charge in [-0.25, -0.2) is 9.78 Å². The van der Waals surface area contributed by atoms with Gasteiger partial charge in [-0.1, -0.05) is 11.3 Å². The molecule has 0 radical (unpaired) electrons. The maximum absolute atomic E-state index is 10.8. The highest BCUT2D eigenvalue weighted by molar-refractivity contribution is 7.17. The van der Waals surface area contributed by atoms with Crippen LogP contribution in [0.25, 0.3) is 0 Å². The van der Waals surface area contributed by atoms with Crippen molar-refractivity contribution in [3.8, 4) is 0 Å². The molecule has 0 aliphatic rings. The molecule has 6 nitrogen and oxygen atoms in total. The zero-order valence-electron chi connectivity index (χ0n) is 8.98. The molecule has 1 rings (SSSR count). The van der Waals surface area contributed by atoms with Gasteiger partial charge in [0.25, 0.3) is 0 Å². The number of aryl methyl sites for hydroxylation is 1. The van der Waals surface area contributed by atoms with Crippen molar-refractivity contribution in [2.24, 2.45) is 5.73 Å². The molecular formula is C9H13N3O3S. The summed E-state index contributed by atoms with van der Waals surface area (Å²) in [5.74, 6) is -1.41. The summed E-state index contributed by atoms with van der Waals surface area (Å²) >= 11 is 1.05. The molecular weight excluding hydrogens is 230 g/mol. The Labute approximate surface area is 96.5 Å². The molecule has 0 aromatic carbocycles. The molecule has 7 heteroatoms. The molecule has 1 atom stereocenters. The lowest BCUT2D eigenvalue weighted by molar-refractivity contribution is -0.118. The van der Waals surface area contributed by atoms with Gasteiger partial charge in [0, 0.05) is 12.5 Å². The number of nitrogens with two attached hydrogens (primary N) is 1. The van der Waals surface area contributed by atoms with Gasteiger partial charge in [-0.05, 0) is 13.8 Å². The van der Waals surface area contributed by atoms with Crippen molar-refractivity contribution >= 4 is 28.3 Å². The summed E-state index contributed by atoms with van der Waals surface area (Å²) in [6.07, 6.45) is 0.182. The quantitative estimate of drug-likeness (QED) is 0.710. The number of hydrogen-bond acceptors (Lipinski definition) is 5. The van der Waals surface area contributed by atoms with Crippen molar-refractivity contribution < 1.29 is 14.7 Å². The maximum atomic E-state index is 10.8. The normalized spacial score (nSPS) is 12.1. The van der Waals surface area contributed by atoms with Gasteiger partial charge in [0.1, 0.15) is 4.88 Å². The average molecular weight is 243 g/mol. The number of primary amides is 1. The van der Waals surface area contributed by atoms with Crippen molar-refractivity contribution in [2.75, 3.05) is 5.32 Å². The number of anilines is 1. The summed E-state index contributed by atoms with van der Waals surface area (Å²) in [7, 11) is 0. The molecule has 0 fully saturated rings. The summed E-state index contributed by atoms with van der Waals surface area (Å²) in [4.78, 5) is 25.7. The topological polar surface area (TPSA) is 105 Å². The molecule has 1 unspecified atom stereocenters. The van der Waals surface area contributed by atoms with Gasteiger partial charge in [0.05, 0.1) is 5.69 Å². The molecule has 1 heterocycles. The average Bonchev–Trinajstić information content (AvgIpc) is 2.44. The summed E-state index contributed by atoms with van der Waals surface area (Å²) in [5, 5.41) is 12.2. The summed E-state index contributed by atoms with van der Waals surface area (Å²) in [6, 6.07) is -0.162. The number of rotatable bonds is 5. The van der Waals surface area contributed by atoms with E-state index in [0.29, 0.717) is 10.8 Å². The highest BCUT2D eigenvalue weighted by atomic mass is 32.1. The first kappa shape index (κ1) is 12.4. The summed E-state index contributed by atoms with van der Waals surface area (Å²) in [6.45, 7) is 3.41. The lowest BCUT2D eigenvalue weighted by Crippen LogP contribution is -2.23. The van der Waals surface area contributed by atoms with E-state index in [1.807, 2.05) is 0 Å². The van der Waals surface area contributed by atoms with Gasteiger partial charge in [0.15, 0.2) is 5.13 Å². The molecule has 1 amide bonds. The van der Waals surface area contributed by atoms with Crippen LogP contribution in [0.3, 0.4) is 0 Å². The Hall–Kier alpha value is -1.63. The van der Waals surface area contributed by atoms with E-state index in [1.165, 1.54) is 0 Å². The smallest absolute Gasteiger partial charge is 0.347 e. The number of nitrogens with zero attached hydrogens (tertiary/aromatic N) is 1. The molecule has 0 aliphatic heterocycles. The first-order valence-corrected chi connectivity index (χ1v) is 5.47. The van der Waals surface area contributed by atoms with Gasteiger partial charge in [0.2, 0.25) is 5.91 Å². The molecule has 1 aromatic heterocycles. The van der Waals surface area contributed by atoms with E-state index < -0.39 is 11.9 Å². The van der Waals surface area contributed by atoms with Crippen LogP contribution in [-0.4, -0.2) is 28.0 Å². The van der Waals surface area contributed by atoms with Gasteiger partial charge < -0.3 is 16.2 Å². The first-order valence-electron chi connectivity index (χ1n) is 4.65. The molecule has 16 heavy (non-hydrogen) atoms. The Morgan fingerprint density at radius 2 is 2.25 bits per heavy atom. The first-order chi connectivity index (χ1) is 7.40. The Kier molecular flexibility index (Phi) is 3.83. The fourth-order valence-electron chi connectivity index (χ4n) is 1.22. The van der Waals surface area contributed by atoms with Crippen LogP contribution >= 0.6 is 11.3 Å². The second-order valence-corrected chi connectivity index (χ2v) is 4.45. The Bertz CT molecular complexity index is 416. The van der Waals surface area contributed by atoms with E-state index in [0.717, 1.165) is 11.3 Å². The van der Waals surface area contributed by atoms with Crippen molar-refractivity contribution in [2.45, 2.75) is 26.3 Å². The Morgan fingerprint density at radius 1 is 1.62 bits per heavy atom. The van der Waals surface area contributed by atoms with E-state index in [9.17, 15) is 9.59 Å². The van der Waals surface area contributed by atoms with Gasteiger partial charge in [-0.3, -0.25) is 4.79 Å². The SMILES string of the molecule is Cc1nc(NC(C)CC(N)=O)sc1C(=O)O.